The highest BCUT2D eigenvalue weighted by molar-refractivity contribution is 5.66. The lowest BCUT2D eigenvalue weighted by molar-refractivity contribution is 0.268. The molecule has 0 unspecified atom stereocenters. The Kier molecular flexibility index (Phi) is 4.43. The molecular formula is C21H26N4. The van der Waals surface area contributed by atoms with Crippen LogP contribution in [0, 0.1) is 11.8 Å². The zero-order valence-corrected chi connectivity index (χ0v) is 14.9. The van der Waals surface area contributed by atoms with Gasteiger partial charge < -0.3 is 10.1 Å². The average molecular weight is 334 g/mol. The van der Waals surface area contributed by atoms with Crippen LogP contribution in [0.25, 0.3) is 16.8 Å². The molecular weight excluding hydrogens is 308 g/mol. The molecule has 1 saturated carbocycles. The maximum Gasteiger partial charge on any atom is 0.219 e. The molecule has 2 N–H and O–H groups in total. The number of nitrogen functional groups attached to an aromatic ring is 1. The molecule has 0 aliphatic heterocycles. The highest BCUT2D eigenvalue weighted by Crippen LogP contribution is 2.33. The number of fused-ring (bicyclic) bond motifs is 1. The third-order valence-corrected chi connectivity index (χ3v) is 5.75. The van der Waals surface area contributed by atoms with Crippen molar-refractivity contribution >= 4 is 11.5 Å². The Morgan fingerprint density at radius 1 is 1.00 bits per heavy atom. The first-order valence-corrected chi connectivity index (χ1v) is 9.41. The average Bonchev–Trinajstić information content (AvgIpc) is 3.06. The van der Waals surface area contributed by atoms with Crippen molar-refractivity contribution < 1.29 is 0 Å². The van der Waals surface area contributed by atoms with Crippen molar-refractivity contribution in [3.63, 3.8) is 0 Å². The molecule has 4 nitrogen and oxygen atoms in total. The summed E-state index contributed by atoms with van der Waals surface area (Å²) in [6.07, 6.45) is 14.0. The van der Waals surface area contributed by atoms with E-state index >= 15 is 0 Å². The Bertz CT molecular complexity index is 842. The third kappa shape index (κ3) is 3.39. The lowest BCUT2D eigenvalue weighted by atomic mass is 9.78. The van der Waals surface area contributed by atoms with Gasteiger partial charge in [0, 0.05) is 29.7 Å². The van der Waals surface area contributed by atoms with E-state index < -0.39 is 0 Å². The Balaban J connectivity index is 1.57. The molecule has 4 heteroatoms. The Hall–Kier alpha value is -2.36. The van der Waals surface area contributed by atoms with E-state index in [0.717, 1.165) is 23.1 Å². The summed E-state index contributed by atoms with van der Waals surface area (Å²) in [5.74, 6) is 2.10. The van der Waals surface area contributed by atoms with Gasteiger partial charge in [0.15, 0.2) is 0 Å². The van der Waals surface area contributed by atoms with Gasteiger partial charge in [-0.2, -0.15) is 0 Å². The summed E-state index contributed by atoms with van der Waals surface area (Å²) < 4.78 is 2.25. The van der Waals surface area contributed by atoms with Crippen LogP contribution >= 0.6 is 0 Å². The van der Waals surface area contributed by atoms with Gasteiger partial charge in [0.05, 0.1) is 5.69 Å². The zero-order valence-electron chi connectivity index (χ0n) is 14.9. The van der Waals surface area contributed by atoms with Gasteiger partial charge in [-0.25, -0.2) is 9.97 Å². The van der Waals surface area contributed by atoms with Crippen molar-refractivity contribution in [1.82, 2.24) is 14.4 Å². The number of pyridine rings is 1. The quantitative estimate of drug-likeness (QED) is 0.750. The fourth-order valence-corrected chi connectivity index (χ4v) is 4.15. The Morgan fingerprint density at radius 2 is 1.68 bits per heavy atom. The molecule has 0 aromatic carbocycles. The van der Waals surface area contributed by atoms with E-state index in [0.29, 0.717) is 5.95 Å². The highest BCUT2D eigenvalue weighted by atomic mass is 15.0. The lowest BCUT2D eigenvalue weighted by Gasteiger charge is -2.27. The first kappa shape index (κ1) is 16.1. The van der Waals surface area contributed by atoms with Crippen LogP contribution in [0.1, 0.15) is 44.6 Å². The second-order valence-electron chi connectivity index (χ2n) is 7.38. The highest BCUT2D eigenvalue weighted by Gasteiger charge is 2.20. The minimum absolute atomic E-state index is 0.313. The predicted molar refractivity (Wildman–Crippen MR) is 102 cm³/mol. The van der Waals surface area contributed by atoms with Crippen molar-refractivity contribution in [3.8, 4) is 11.3 Å². The van der Waals surface area contributed by atoms with Crippen LogP contribution in [0.2, 0.25) is 0 Å². The number of rotatable bonds is 4. The van der Waals surface area contributed by atoms with Crippen LogP contribution in [-0.4, -0.2) is 14.4 Å². The van der Waals surface area contributed by atoms with E-state index in [2.05, 4.69) is 51.8 Å². The largest absolute Gasteiger partial charge is 0.368 e. The van der Waals surface area contributed by atoms with Crippen LogP contribution < -0.4 is 5.73 Å². The summed E-state index contributed by atoms with van der Waals surface area (Å²) in [7, 11) is 0. The molecule has 4 rings (SSSR count). The van der Waals surface area contributed by atoms with Crippen molar-refractivity contribution in [1.29, 1.82) is 0 Å². The third-order valence-electron chi connectivity index (χ3n) is 5.75. The second kappa shape index (κ2) is 6.87. The number of hydrogen-bond donors (Lipinski definition) is 1. The zero-order chi connectivity index (χ0) is 17.2. The summed E-state index contributed by atoms with van der Waals surface area (Å²) in [5.41, 5.74) is 10.3. The summed E-state index contributed by atoms with van der Waals surface area (Å²) in [4.78, 5) is 8.25. The summed E-state index contributed by atoms with van der Waals surface area (Å²) >= 11 is 0. The van der Waals surface area contributed by atoms with Crippen molar-refractivity contribution in [2.75, 3.05) is 5.73 Å². The van der Waals surface area contributed by atoms with Gasteiger partial charge in [-0.15, -0.1) is 0 Å². The van der Waals surface area contributed by atoms with Gasteiger partial charge in [-0.3, -0.25) is 0 Å². The molecule has 0 amide bonds. The molecule has 0 bridgehead atoms. The number of nitrogens with two attached hydrogens (primary N) is 1. The first-order valence-electron chi connectivity index (χ1n) is 9.41. The van der Waals surface area contributed by atoms with Crippen molar-refractivity contribution in [2.24, 2.45) is 11.8 Å². The smallest absolute Gasteiger partial charge is 0.219 e. The minimum atomic E-state index is 0.313. The molecule has 1 aliphatic carbocycles. The fraction of sp³-hybridized carbons (Fsp3) is 0.429. The van der Waals surface area contributed by atoms with E-state index in [1.54, 1.807) is 12.4 Å². The standard InChI is InChI=1S/C21H26N4/c1-2-15-3-5-16(6-4-15)11-17-7-8-19-9-10-20(25(19)14-17)18-12-23-21(22)24-13-18/h7-10,12-16H,2-6,11H2,1H3,(H2,22,23,24). The van der Waals surface area contributed by atoms with Crippen LogP contribution in [0.4, 0.5) is 5.95 Å². The second-order valence-corrected chi connectivity index (χ2v) is 7.38. The molecule has 3 aromatic rings. The molecule has 0 saturated heterocycles. The van der Waals surface area contributed by atoms with E-state index in [-0.39, 0.29) is 0 Å². The van der Waals surface area contributed by atoms with Crippen molar-refractivity contribution in [3.05, 3.63) is 48.4 Å². The normalized spacial score (nSPS) is 20.8. The van der Waals surface area contributed by atoms with E-state index in [9.17, 15) is 0 Å². The lowest BCUT2D eigenvalue weighted by Crippen LogP contribution is -2.16. The van der Waals surface area contributed by atoms with Crippen LogP contribution in [0.5, 0.6) is 0 Å². The first-order chi connectivity index (χ1) is 12.2. The van der Waals surface area contributed by atoms with Crippen LogP contribution in [0.15, 0.2) is 42.9 Å². The molecule has 3 aromatic heterocycles. The molecule has 130 valence electrons. The molecule has 0 radical (unpaired) electrons. The molecule has 3 heterocycles. The molecule has 1 aliphatic rings. The number of hydrogen-bond acceptors (Lipinski definition) is 3. The van der Waals surface area contributed by atoms with Crippen LogP contribution in [0.3, 0.4) is 0 Å². The van der Waals surface area contributed by atoms with Gasteiger partial charge in [-0.05, 0) is 54.9 Å². The van der Waals surface area contributed by atoms with Gasteiger partial charge in [0.25, 0.3) is 0 Å². The molecule has 0 atom stereocenters. The van der Waals surface area contributed by atoms with E-state index in [1.807, 2.05) is 0 Å². The van der Waals surface area contributed by atoms with Gasteiger partial charge in [0.2, 0.25) is 5.95 Å². The Morgan fingerprint density at radius 3 is 2.40 bits per heavy atom. The number of aromatic nitrogens is 3. The minimum Gasteiger partial charge on any atom is -0.368 e. The van der Waals surface area contributed by atoms with Crippen molar-refractivity contribution in [2.45, 2.75) is 45.4 Å². The predicted octanol–water partition coefficient (Wildman–Crippen LogP) is 4.74. The maximum atomic E-state index is 5.61. The van der Waals surface area contributed by atoms with Gasteiger partial charge >= 0.3 is 0 Å². The van der Waals surface area contributed by atoms with Gasteiger partial charge in [0.1, 0.15) is 0 Å². The number of nitrogens with zero attached hydrogens (tertiary/aromatic N) is 3. The molecule has 1 fully saturated rings. The topological polar surface area (TPSA) is 56.2 Å². The monoisotopic (exact) mass is 334 g/mol. The Labute approximate surface area is 149 Å². The number of anilines is 1. The summed E-state index contributed by atoms with van der Waals surface area (Å²) in [6, 6.07) is 8.77. The summed E-state index contributed by atoms with van der Waals surface area (Å²) in [6.45, 7) is 2.33. The van der Waals surface area contributed by atoms with E-state index in [1.165, 1.54) is 49.6 Å². The fourth-order valence-electron chi connectivity index (χ4n) is 4.15. The van der Waals surface area contributed by atoms with Gasteiger partial charge in [-0.1, -0.05) is 32.3 Å². The summed E-state index contributed by atoms with van der Waals surface area (Å²) in [5, 5.41) is 0. The van der Waals surface area contributed by atoms with E-state index in [4.69, 9.17) is 5.73 Å². The van der Waals surface area contributed by atoms with Crippen LogP contribution in [-0.2, 0) is 6.42 Å². The molecule has 0 spiro atoms. The molecule has 25 heavy (non-hydrogen) atoms. The maximum absolute atomic E-state index is 5.61. The SMILES string of the molecule is CCC1CCC(Cc2ccc3ccc(-c4cnc(N)nc4)n3c2)CC1.